The lowest BCUT2D eigenvalue weighted by atomic mass is 10.0. The van der Waals surface area contributed by atoms with Crippen LogP contribution in [0.5, 0.6) is 5.75 Å². The van der Waals surface area contributed by atoms with Crippen LogP contribution in [0.1, 0.15) is 5.56 Å². The van der Waals surface area contributed by atoms with E-state index in [1.807, 2.05) is 10.6 Å². The molecule has 0 aliphatic carbocycles. The zero-order valence-electron chi connectivity index (χ0n) is 14.4. The number of hydrogen-bond acceptors (Lipinski definition) is 2. The third-order valence-corrected chi connectivity index (χ3v) is 4.49. The Balaban J connectivity index is 2.16. The first kappa shape index (κ1) is 16.8. The molecule has 0 aliphatic rings. The minimum absolute atomic E-state index is 0.340. The Bertz CT molecular complexity index is 1170. The number of nitriles is 1. The lowest BCUT2D eigenvalue weighted by Gasteiger charge is -2.08. The van der Waals surface area contributed by atoms with Crippen LogP contribution in [0.2, 0.25) is 0 Å². The number of nitrogens with zero attached hydrogens (tertiary/aromatic N) is 2. The molecule has 5 heteroatoms. The predicted octanol–water partition coefficient (Wildman–Crippen LogP) is 5.43. The van der Waals surface area contributed by atoms with E-state index in [0.29, 0.717) is 22.4 Å². The molecule has 2 aromatic heterocycles. The maximum absolute atomic E-state index is 13.5. The van der Waals surface area contributed by atoms with Crippen LogP contribution in [0, 0.1) is 23.0 Å². The molecule has 0 amide bonds. The van der Waals surface area contributed by atoms with E-state index < -0.39 is 0 Å². The molecule has 3 nitrogen and oxygen atoms in total. The molecule has 4 aromatic rings. The summed E-state index contributed by atoms with van der Waals surface area (Å²) < 4.78 is 34.4. The van der Waals surface area contributed by atoms with Gasteiger partial charge in [-0.05, 0) is 59.7 Å². The second-order valence-corrected chi connectivity index (χ2v) is 6.02. The summed E-state index contributed by atoms with van der Waals surface area (Å²) in [5.74, 6) is -0.173. The van der Waals surface area contributed by atoms with Crippen molar-refractivity contribution in [2.45, 2.75) is 0 Å². The highest BCUT2D eigenvalue weighted by molar-refractivity contribution is 5.95. The third-order valence-electron chi connectivity index (χ3n) is 4.49. The van der Waals surface area contributed by atoms with Crippen molar-refractivity contribution in [2.75, 3.05) is 7.11 Å². The molecule has 0 unspecified atom stereocenters. The van der Waals surface area contributed by atoms with Gasteiger partial charge in [0.15, 0.2) is 5.75 Å². The minimum atomic E-state index is -0.345. The number of hydrogen-bond donors (Lipinski definition) is 0. The third kappa shape index (κ3) is 2.72. The van der Waals surface area contributed by atoms with Crippen molar-refractivity contribution in [2.24, 2.45) is 0 Å². The van der Waals surface area contributed by atoms with Crippen LogP contribution in [-0.4, -0.2) is 11.5 Å². The SMILES string of the molecule is COc1c(-c2ccc(F)cc2)c(-c2ccc(F)cc2)n2cccc(C#N)c12. The van der Waals surface area contributed by atoms with Gasteiger partial charge in [-0.1, -0.05) is 12.1 Å². The summed E-state index contributed by atoms with van der Waals surface area (Å²) in [6.45, 7) is 0. The average molecular weight is 360 g/mol. The molecule has 0 saturated heterocycles. The van der Waals surface area contributed by atoms with E-state index in [-0.39, 0.29) is 11.6 Å². The Hall–Kier alpha value is -3.65. The highest BCUT2D eigenvalue weighted by Crippen LogP contribution is 2.45. The van der Waals surface area contributed by atoms with Gasteiger partial charge in [0, 0.05) is 6.20 Å². The molecular formula is C22H14F2N2O. The largest absolute Gasteiger partial charge is 0.494 e. The zero-order valence-corrected chi connectivity index (χ0v) is 14.4. The molecule has 132 valence electrons. The van der Waals surface area contributed by atoms with Crippen LogP contribution in [0.15, 0.2) is 66.9 Å². The fourth-order valence-corrected chi connectivity index (χ4v) is 3.34. The summed E-state index contributed by atoms with van der Waals surface area (Å²) in [6.07, 6.45) is 1.82. The van der Waals surface area contributed by atoms with E-state index in [0.717, 1.165) is 16.8 Å². The summed E-state index contributed by atoms with van der Waals surface area (Å²) in [7, 11) is 1.53. The van der Waals surface area contributed by atoms with E-state index in [2.05, 4.69) is 6.07 Å². The van der Waals surface area contributed by atoms with E-state index in [4.69, 9.17) is 4.74 Å². The minimum Gasteiger partial charge on any atom is -0.494 e. The average Bonchev–Trinajstić information content (AvgIpc) is 3.03. The van der Waals surface area contributed by atoms with Crippen molar-refractivity contribution < 1.29 is 13.5 Å². The predicted molar refractivity (Wildman–Crippen MR) is 99.5 cm³/mol. The van der Waals surface area contributed by atoms with Gasteiger partial charge in [-0.3, -0.25) is 0 Å². The number of halogens is 2. The van der Waals surface area contributed by atoms with Crippen LogP contribution in [0.25, 0.3) is 27.9 Å². The Morgan fingerprint density at radius 2 is 1.48 bits per heavy atom. The fraction of sp³-hybridized carbons (Fsp3) is 0.0455. The number of pyridine rings is 1. The van der Waals surface area contributed by atoms with Crippen molar-refractivity contribution in [3.8, 4) is 34.2 Å². The van der Waals surface area contributed by atoms with Gasteiger partial charge in [0.25, 0.3) is 0 Å². The molecular weight excluding hydrogens is 346 g/mol. The summed E-state index contributed by atoms with van der Waals surface area (Å²) in [4.78, 5) is 0. The number of benzene rings is 2. The van der Waals surface area contributed by atoms with Crippen LogP contribution in [-0.2, 0) is 0 Å². The van der Waals surface area contributed by atoms with Gasteiger partial charge in [-0.15, -0.1) is 0 Å². The Labute approximate surface area is 154 Å². The molecule has 0 radical (unpaired) electrons. The van der Waals surface area contributed by atoms with E-state index in [1.54, 1.807) is 36.4 Å². The van der Waals surface area contributed by atoms with E-state index in [1.165, 1.54) is 31.4 Å². The fourth-order valence-electron chi connectivity index (χ4n) is 3.34. The van der Waals surface area contributed by atoms with Crippen LogP contribution >= 0.6 is 0 Å². The van der Waals surface area contributed by atoms with Crippen molar-refractivity contribution in [3.05, 3.63) is 84.1 Å². The molecule has 0 fully saturated rings. The van der Waals surface area contributed by atoms with E-state index in [9.17, 15) is 14.0 Å². The smallest absolute Gasteiger partial charge is 0.154 e. The molecule has 27 heavy (non-hydrogen) atoms. The molecule has 4 rings (SSSR count). The van der Waals surface area contributed by atoms with Gasteiger partial charge >= 0.3 is 0 Å². The number of fused-ring (bicyclic) bond motifs is 1. The molecule has 2 heterocycles. The Morgan fingerprint density at radius 1 is 0.889 bits per heavy atom. The quantitative estimate of drug-likeness (QED) is 0.488. The topological polar surface area (TPSA) is 37.4 Å². The first-order chi connectivity index (χ1) is 13.1. The van der Waals surface area contributed by atoms with Gasteiger partial charge in [0.1, 0.15) is 23.2 Å². The molecule has 0 aliphatic heterocycles. The first-order valence-corrected chi connectivity index (χ1v) is 8.27. The second kappa shape index (κ2) is 6.58. The van der Waals surface area contributed by atoms with Crippen molar-refractivity contribution in [1.82, 2.24) is 4.40 Å². The lowest BCUT2D eigenvalue weighted by molar-refractivity contribution is 0.421. The van der Waals surface area contributed by atoms with Crippen molar-refractivity contribution in [3.63, 3.8) is 0 Å². The van der Waals surface area contributed by atoms with Crippen molar-refractivity contribution in [1.29, 1.82) is 5.26 Å². The van der Waals surface area contributed by atoms with Gasteiger partial charge < -0.3 is 9.14 Å². The highest BCUT2D eigenvalue weighted by atomic mass is 19.1. The zero-order chi connectivity index (χ0) is 19.0. The summed E-state index contributed by atoms with van der Waals surface area (Å²) >= 11 is 0. The molecule has 0 bridgehead atoms. The second-order valence-electron chi connectivity index (χ2n) is 6.02. The van der Waals surface area contributed by atoms with Gasteiger partial charge in [-0.25, -0.2) is 8.78 Å². The molecule has 2 aromatic carbocycles. The standard InChI is InChI=1S/C22H14F2N2O/c1-27-22-19(14-4-8-17(23)9-5-14)20(15-6-10-18(24)11-7-15)26-12-2-3-16(13-25)21(22)26/h2-12H,1H3. The van der Waals surface area contributed by atoms with Crippen LogP contribution < -0.4 is 4.74 Å². The Kier molecular flexibility index (Phi) is 4.09. The van der Waals surface area contributed by atoms with Crippen molar-refractivity contribution >= 4 is 5.52 Å². The Morgan fingerprint density at radius 3 is 2.04 bits per heavy atom. The number of aromatic nitrogens is 1. The van der Waals surface area contributed by atoms with Gasteiger partial charge in [0.05, 0.1) is 23.9 Å². The van der Waals surface area contributed by atoms with Gasteiger partial charge in [0.2, 0.25) is 0 Å². The number of ether oxygens (including phenoxy) is 1. The maximum atomic E-state index is 13.5. The van der Waals surface area contributed by atoms with Crippen LogP contribution in [0.4, 0.5) is 8.78 Å². The lowest BCUT2D eigenvalue weighted by Crippen LogP contribution is -1.91. The highest BCUT2D eigenvalue weighted by Gasteiger charge is 2.23. The number of rotatable bonds is 3. The van der Waals surface area contributed by atoms with E-state index >= 15 is 0 Å². The monoisotopic (exact) mass is 360 g/mol. The normalized spacial score (nSPS) is 10.7. The first-order valence-electron chi connectivity index (χ1n) is 8.27. The molecule has 0 saturated carbocycles. The molecule has 0 N–H and O–H groups in total. The summed E-state index contributed by atoms with van der Waals surface area (Å²) in [5.41, 5.74) is 4.01. The molecule has 0 atom stereocenters. The van der Waals surface area contributed by atoms with Gasteiger partial charge in [-0.2, -0.15) is 5.26 Å². The maximum Gasteiger partial charge on any atom is 0.154 e. The molecule has 0 spiro atoms. The summed E-state index contributed by atoms with van der Waals surface area (Å²) in [5, 5.41) is 9.55. The number of methoxy groups -OCH3 is 1. The summed E-state index contributed by atoms with van der Waals surface area (Å²) in [6, 6.07) is 17.8. The van der Waals surface area contributed by atoms with Crippen LogP contribution in [0.3, 0.4) is 0 Å².